The molecule has 0 fully saturated rings. The maximum absolute atomic E-state index is 5.08. The molecule has 0 saturated heterocycles. The summed E-state index contributed by atoms with van der Waals surface area (Å²) in [6.07, 6.45) is 1.97. The number of aromatic nitrogens is 2. The molecular weight excluding hydrogens is 777 g/mol. The van der Waals surface area contributed by atoms with E-state index in [-0.39, 0.29) is 5.41 Å². The first-order chi connectivity index (χ1) is 31.4. The second kappa shape index (κ2) is 14.7. The summed E-state index contributed by atoms with van der Waals surface area (Å²) in [5.74, 6) is 0.929. The van der Waals surface area contributed by atoms with Gasteiger partial charge in [0.1, 0.15) is 5.82 Å². The van der Waals surface area contributed by atoms with Crippen molar-refractivity contribution in [2.45, 2.75) is 38.1 Å². The number of benzene rings is 8. The van der Waals surface area contributed by atoms with Crippen molar-refractivity contribution in [3.63, 3.8) is 0 Å². The zero-order valence-corrected chi connectivity index (χ0v) is 36.4. The van der Waals surface area contributed by atoms with Gasteiger partial charge in [0.05, 0.1) is 34.5 Å². The van der Waals surface area contributed by atoms with Crippen molar-refractivity contribution in [1.82, 2.24) is 9.55 Å². The predicted octanol–water partition coefficient (Wildman–Crippen LogP) is 14.6. The molecule has 0 saturated carbocycles. The van der Waals surface area contributed by atoms with Crippen molar-refractivity contribution in [1.29, 1.82) is 0 Å². The molecule has 8 aromatic carbocycles. The van der Waals surface area contributed by atoms with E-state index in [0.717, 1.165) is 30.1 Å². The quantitative estimate of drug-likeness (QED) is 0.160. The first-order valence-electron chi connectivity index (χ1n) is 22.4. The van der Waals surface area contributed by atoms with Gasteiger partial charge in [-0.1, -0.05) is 172 Å². The molecule has 12 rings (SSSR count). The van der Waals surface area contributed by atoms with Crippen LogP contribution in [0.3, 0.4) is 0 Å². The van der Waals surface area contributed by atoms with Crippen molar-refractivity contribution < 1.29 is 0 Å². The van der Waals surface area contributed by atoms with E-state index < -0.39 is 5.41 Å². The van der Waals surface area contributed by atoms with Gasteiger partial charge in [0.2, 0.25) is 0 Å². The van der Waals surface area contributed by atoms with Gasteiger partial charge < -0.3 is 9.80 Å². The average molecular weight is 825 g/mol. The standard InChI is InChI=1S/C60H48N4/c1-59(2,3)44-32-33-61-58(38-44)64-54-27-15-12-24-50(54)51-31-30-45(37-57(51)64)60(52-25-13-10-22-48(52)49-23-11-14-26-53(49)60)46-34-43(42-20-8-5-9-21-42)35-47(36-46)63-40-62(39-41-18-6-4-7-19-41)55-28-16-17-29-56(55)63/h4-38H,39-40H2,1-3H3. The SMILES string of the molecule is CC(C)(C)c1ccnc(-n2c3ccccc3c3ccc(C4(c5cc(-c6ccccc6)cc(N6CN(Cc7ccccc7)c7ccccc76)c5)c5ccccc5-c5ccccc54)cc32)c1. The van der Waals surface area contributed by atoms with Crippen molar-refractivity contribution in [3.05, 3.63) is 246 Å². The van der Waals surface area contributed by atoms with E-state index in [2.05, 4.69) is 241 Å². The van der Waals surface area contributed by atoms with Gasteiger partial charge in [-0.25, -0.2) is 4.98 Å². The van der Waals surface area contributed by atoms with Crippen molar-refractivity contribution in [2.75, 3.05) is 16.5 Å². The number of pyridine rings is 1. The number of fused-ring (bicyclic) bond motifs is 7. The van der Waals surface area contributed by atoms with Crippen LogP contribution in [0, 0.1) is 0 Å². The normalized spacial score (nSPS) is 13.9. The number of rotatable bonds is 7. The highest BCUT2D eigenvalue weighted by atomic mass is 15.4. The molecule has 4 heteroatoms. The summed E-state index contributed by atoms with van der Waals surface area (Å²) in [5, 5.41) is 2.43. The fraction of sp³-hybridized carbons (Fsp3) is 0.117. The Morgan fingerprint density at radius 1 is 0.516 bits per heavy atom. The molecule has 2 aromatic heterocycles. The van der Waals surface area contributed by atoms with Crippen molar-refractivity contribution >= 4 is 38.9 Å². The van der Waals surface area contributed by atoms with Crippen LogP contribution < -0.4 is 9.80 Å². The Morgan fingerprint density at radius 2 is 1.16 bits per heavy atom. The zero-order chi connectivity index (χ0) is 43.0. The van der Waals surface area contributed by atoms with Gasteiger partial charge in [0, 0.05) is 29.2 Å². The molecule has 0 radical (unpaired) electrons. The monoisotopic (exact) mass is 824 g/mol. The number of hydrogen-bond acceptors (Lipinski definition) is 3. The highest BCUT2D eigenvalue weighted by Gasteiger charge is 2.47. The van der Waals surface area contributed by atoms with Gasteiger partial charge in [0.15, 0.2) is 0 Å². The van der Waals surface area contributed by atoms with Crippen LogP contribution in [0.5, 0.6) is 0 Å². The molecule has 3 heterocycles. The maximum atomic E-state index is 5.08. The van der Waals surface area contributed by atoms with Gasteiger partial charge in [0.25, 0.3) is 0 Å². The molecule has 2 aliphatic rings. The first-order valence-corrected chi connectivity index (χ1v) is 22.4. The Bertz CT molecular complexity index is 3350. The van der Waals surface area contributed by atoms with E-state index in [1.54, 1.807) is 0 Å². The molecule has 1 aliphatic heterocycles. The molecule has 64 heavy (non-hydrogen) atoms. The molecule has 4 nitrogen and oxygen atoms in total. The predicted molar refractivity (Wildman–Crippen MR) is 266 cm³/mol. The summed E-state index contributed by atoms with van der Waals surface area (Å²) in [6.45, 7) is 8.38. The summed E-state index contributed by atoms with van der Waals surface area (Å²) in [5.41, 5.74) is 17.7. The second-order valence-corrected chi connectivity index (χ2v) is 18.5. The molecule has 0 bridgehead atoms. The summed E-state index contributed by atoms with van der Waals surface area (Å²) in [6, 6.07) is 76.6. The van der Waals surface area contributed by atoms with E-state index in [1.807, 2.05) is 6.20 Å². The maximum Gasteiger partial charge on any atom is 0.137 e. The molecular formula is C60H48N4. The largest absolute Gasteiger partial charge is 0.347 e. The Hall–Kier alpha value is -7.69. The summed E-state index contributed by atoms with van der Waals surface area (Å²) < 4.78 is 2.39. The van der Waals surface area contributed by atoms with Crippen LogP contribution in [-0.2, 0) is 17.4 Å². The lowest BCUT2D eigenvalue weighted by molar-refractivity contribution is 0.588. The minimum atomic E-state index is -0.661. The third kappa shape index (κ3) is 5.93. The second-order valence-electron chi connectivity index (χ2n) is 18.5. The van der Waals surface area contributed by atoms with E-state index in [9.17, 15) is 0 Å². The summed E-state index contributed by atoms with van der Waals surface area (Å²) in [7, 11) is 0. The molecule has 1 aliphatic carbocycles. The number of para-hydroxylation sites is 3. The lowest BCUT2D eigenvalue weighted by Gasteiger charge is -2.35. The van der Waals surface area contributed by atoms with E-state index in [4.69, 9.17) is 4.98 Å². The van der Waals surface area contributed by atoms with Gasteiger partial charge >= 0.3 is 0 Å². The number of hydrogen-bond donors (Lipinski definition) is 0. The molecule has 10 aromatic rings. The molecule has 0 N–H and O–H groups in total. The fourth-order valence-corrected chi connectivity index (χ4v) is 10.7. The van der Waals surface area contributed by atoms with Crippen molar-refractivity contribution in [3.8, 4) is 28.1 Å². The van der Waals surface area contributed by atoms with Gasteiger partial charge in [-0.15, -0.1) is 0 Å². The van der Waals surface area contributed by atoms with Crippen molar-refractivity contribution in [2.24, 2.45) is 0 Å². The van der Waals surface area contributed by atoms with Crippen LogP contribution in [0.25, 0.3) is 49.9 Å². The molecule has 308 valence electrons. The average Bonchev–Trinajstić information content (AvgIpc) is 3.98. The third-order valence-corrected chi connectivity index (χ3v) is 13.7. The Morgan fingerprint density at radius 3 is 1.91 bits per heavy atom. The Labute approximate surface area is 375 Å². The molecule has 0 unspecified atom stereocenters. The topological polar surface area (TPSA) is 24.3 Å². The summed E-state index contributed by atoms with van der Waals surface area (Å²) >= 11 is 0. The van der Waals surface area contributed by atoms with Crippen LogP contribution in [0.2, 0.25) is 0 Å². The molecule has 0 atom stereocenters. The minimum absolute atomic E-state index is 0.0289. The van der Waals surface area contributed by atoms with Gasteiger partial charge in [-0.05, 0) is 116 Å². The minimum Gasteiger partial charge on any atom is -0.347 e. The lowest BCUT2D eigenvalue weighted by Crippen LogP contribution is -2.30. The van der Waals surface area contributed by atoms with Crippen LogP contribution in [0.4, 0.5) is 17.1 Å². The first kappa shape index (κ1) is 38.0. The highest BCUT2D eigenvalue weighted by Crippen LogP contribution is 2.58. The third-order valence-electron chi connectivity index (χ3n) is 13.7. The zero-order valence-electron chi connectivity index (χ0n) is 36.4. The molecule has 0 amide bonds. The Kier molecular flexibility index (Phi) is 8.74. The van der Waals surface area contributed by atoms with E-state index >= 15 is 0 Å². The Balaban J connectivity index is 1.14. The molecule has 0 spiro atoms. The highest BCUT2D eigenvalue weighted by molar-refractivity contribution is 6.09. The lowest BCUT2D eigenvalue weighted by atomic mass is 9.67. The van der Waals surface area contributed by atoms with Crippen LogP contribution in [0.15, 0.2) is 212 Å². The smallest absolute Gasteiger partial charge is 0.137 e. The van der Waals surface area contributed by atoms with Crippen LogP contribution in [-0.4, -0.2) is 16.2 Å². The van der Waals surface area contributed by atoms with Gasteiger partial charge in [-0.3, -0.25) is 4.57 Å². The van der Waals surface area contributed by atoms with Gasteiger partial charge in [-0.2, -0.15) is 0 Å². The van der Waals surface area contributed by atoms with E-state index in [0.29, 0.717) is 0 Å². The summed E-state index contributed by atoms with van der Waals surface area (Å²) in [4.78, 5) is 10.1. The number of nitrogens with zero attached hydrogens (tertiary/aromatic N) is 4. The fourth-order valence-electron chi connectivity index (χ4n) is 10.7. The van der Waals surface area contributed by atoms with Crippen LogP contribution in [0.1, 0.15) is 54.2 Å². The number of anilines is 3. The van der Waals surface area contributed by atoms with E-state index in [1.165, 1.54) is 83.5 Å². The van der Waals surface area contributed by atoms with Crippen LogP contribution >= 0.6 is 0 Å².